The van der Waals surface area contributed by atoms with E-state index in [1.165, 1.54) is 0 Å². The van der Waals surface area contributed by atoms with Gasteiger partial charge in [0.15, 0.2) is 0 Å². The van der Waals surface area contributed by atoms with Crippen molar-refractivity contribution in [1.82, 2.24) is 25.5 Å². The van der Waals surface area contributed by atoms with Gasteiger partial charge in [-0.3, -0.25) is 0 Å². The van der Waals surface area contributed by atoms with Gasteiger partial charge in [-0.25, -0.2) is 4.68 Å². The summed E-state index contributed by atoms with van der Waals surface area (Å²) in [6.07, 6.45) is 0. The Kier molecular flexibility index (Phi) is 7.77. The molecule has 0 spiro atoms. The molecule has 0 aliphatic heterocycles. The number of benzene rings is 1. The summed E-state index contributed by atoms with van der Waals surface area (Å²) in [6.45, 7) is 1.48. The Labute approximate surface area is 166 Å². The molecular weight excluding hydrogens is 397 g/mol. The van der Waals surface area contributed by atoms with E-state index in [-0.39, 0.29) is 12.4 Å². The zero-order valence-corrected chi connectivity index (χ0v) is 16.7. The molecule has 3 aromatic rings. The van der Waals surface area contributed by atoms with Crippen LogP contribution in [0.15, 0.2) is 39.9 Å². The number of methoxy groups -OCH3 is 1. The molecule has 0 aliphatic carbocycles. The Morgan fingerprint density at radius 1 is 1.31 bits per heavy atom. The second-order valence-corrected chi connectivity index (χ2v) is 6.69. The van der Waals surface area contributed by atoms with Crippen molar-refractivity contribution >= 4 is 35.8 Å². The number of rotatable bonds is 8. The van der Waals surface area contributed by atoms with Gasteiger partial charge < -0.3 is 14.5 Å². The monoisotopic (exact) mass is 415 g/mol. The van der Waals surface area contributed by atoms with E-state index in [2.05, 4.69) is 20.8 Å². The van der Waals surface area contributed by atoms with Crippen molar-refractivity contribution in [1.29, 1.82) is 0 Å². The third-order valence-corrected chi connectivity index (χ3v) is 4.80. The van der Waals surface area contributed by atoms with Crippen molar-refractivity contribution in [3.63, 3.8) is 0 Å². The molecule has 0 saturated heterocycles. The first-order valence-electron chi connectivity index (χ1n) is 7.66. The molecule has 0 radical (unpaired) electrons. The summed E-state index contributed by atoms with van der Waals surface area (Å²) in [5, 5.41) is 16.0. The minimum absolute atomic E-state index is 0. The SMILES string of the molecule is COc1ccc(-c2ccc(CNCCSc3nnnn3C)o2)cc1Cl.Cl. The Morgan fingerprint density at radius 3 is 2.85 bits per heavy atom. The van der Waals surface area contributed by atoms with Gasteiger partial charge in [-0.1, -0.05) is 23.4 Å². The number of nitrogens with zero attached hydrogens (tertiary/aromatic N) is 4. The van der Waals surface area contributed by atoms with E-state index in [0.29, 0.717) is 17.3 Å². The normalized spacial score (nSPS) is 10.6. The van der Waals surface area contributed by atoms with Crippen LogP contribution < -0.4 is 10.1 Å². The first kappa shape index (κ1) is 20.6. The van der Waals surface area contributed by atoms with Crippen molar-refractivity contribution in [2.24, 2.45) is 7.05 Å². The van der Waals surface area contributed by atoms with Gasteiger partial charge in [0.2, 0.25) is 5.16 Å². The number of ether oxygens (including phenoxy) is 1. The topological polar surface area (TPSA) is 78.0 Å². The molecular formula is C16H19Cl2N5O2S. The van der Waals surface area contributed by atoms with Crippen LogP contribution in [0.1, 0.15) is 5.76 Å². The molecule has 1 N–H and O–H groups in total. The van der Waals surface area contributed by atoms with Crippen LogP contribution in [0.5, 0.6) is 5.75 Å². The largest absolute Gasteiger partial charge is 0.495 e. The lowest BCUT2D eigenvalue weighted by atomic mass is 10.2. The fraction of sp³-hybridized carbons (Fsp3) is 0.312. The van der Waals surface area contributed by atoms with Crippen molar-refractivity contribution < 1.29 is 9.15 Å². The second kappa shape index (κ2) is 9.82. The van der Waals surface area contributed by atoms with Crippen LogP contribution in [0, 0.1) is 0 Å². The number of tetrazole rings is 1. The quantitative estimate of drug-likeness (QED) is 0.445. The lowest BCUT2D eigenvalue weighted by Gasteiger charge is -2.04. The third kappa shape index (κ3) is 5.14. The third-order valence-electron chi connectivity index (χ3n) is 3.49. The van der Waals surface area contributed by atoms with E-state index in [1.807, 2.05) is 37.4 Å². The number of aryl methyl sites for hydroxylation is 1. The summed E-state index contributed by atoms with van der Waals surface area (Å²) >= 11 is 7.76. The summed E-state index contributed by atoms with van der Waals surface area (Å²) in [5.41, 5.74) is 0.919. The average molecular weight is 416 g/mol. The first-order valence-corrected chi connectivity index (χ1v) is 9.02. The summed E-state index contributed by atoms with van der Waals surface area (Å²) in [4.78, 5) is 0. The first-order chi connectivity index (χ1) is 12.2. The minimum atomic E-state index is 0. The van der Waals surface area contributed by atoms with E-state index in [1.54, 1.807) is 23.6 Å². The number of hydrogen-bond acceptors (Lipinski definition) is 7. The van der Waals surface area contributed by atoms with E-state index >= 15 is 0 Å². The van der Waals surface area contributed by atoms with E-state index in [0.717, 1.165) is 34.5 Å². The van der Waals surface area contributed by atoms with Gasteiger partial charge in [-0.05, 0) is 40.8 Å². The van der Waals surface area contributed by atoms with Crippen LogP contribution >= 0.6 is 35.8 Å². The van der Waals surface area contributed by atoms with Gasteiger partial charge >= 0.3 is 0 Å². The van der Waals surface area contributed by atoms with E-state index in [9.17, 15) is 0 Å². The number of halogens is 2. The molecule has 0 unspecified atom stereocenters. The Hall–Kier alpha value is -1.74. The number of thioether (sulfide) groups is 1. The summed E-state index contributed by atoms with van der Waals surface area (Å²) < 4.78 is 12.7. The van der Waals surface area contributed by atoms with Gasteiger partial charge in [0.1, 0.15) is 17.3 Å². The van der Waals surface area contributed by atoms with Crippen LogP contribution in [-0.2, 0) is 13.6 Å². The maximum Gasteiger partial charge on any atom is 0.209 e. The van der Waals surface area contributed by atoms with Crippen LogP contribution in [0.25, 0.3) is 11.3 Å². The van der Waals surface area contributed by atoms with Crippen LogP contribution in [-0.4, -0.2) is 39.6 Å². The van der Waals surface area contributed by atoms with Crippen molar-refractivity contribution in [3.8, 4) is 17.1 Å². The fourth-order valence-corrected chi connectivity index (χ4v) is 3.22. The van der Waals surface area contributed by atoms with Crippen molar-refractivity contribution in [2.45, 2.75) is 11.7 Å². The summed E-state index contributed by atoms with van der Waals surface area (Å²) in [5.74, 6) is 3.16. The van der Waals surface area contributed by atoms with Crippen molar-refractivity contribution in [3.05, 3.63) is 41.1 Å². The summed E-state index contributed by atoms with van der Waals surface area (Å²) in [6, 6.07) is 9.49. The van der Waals surface area contributed by atoms with Gasteiger partial charge in [0, 0.05) is 24.9 Å². The van der Waals surface area contributed by atoms with Crippen molar-refractivity contribution in [2.75, 3.05) is 19.4 Å². The van der Waals surface area contributed by atoms with Crippen LogP contribution in [0.2, 0.25) is 5.02 Å². The molecule has 140 valence electrons. The average Bonchev–Trinajstić information content (AvgIpc) is 3.24. The molecule has 0 fully saturated rings. The molecule has 3 rings (SSSR count). The molecule has 0 aliphatic rings. The van der Waals surface area contributed by atoms with Crippen LogP contribution in [0.4, 0.5) is 0 Å². The molecule has 0 amide bonds. The molecule has 0 atom stereocenters. The number of nitrogens with one attached hydrogen (secondary N) is 1. The maximum absolute atomic E-state index is 6.16. The highest BCUT2D eigenvalue weighted by molar-refractivity contribution is 7.99. The molecule has 10 heteroatoms. The lowest BCUT2D eigenvalue weighted by molar-refractivity contribution is 0.415. The Morgan fingerprint density at radius 2 is 2.15 bits per heavy atom. The van der Waals surface area contributed by atoms with E-state index in [4.69, 9.17) is 20.8 Å². The van der Waals surface area contributed by atoms with Gasteiger partial charge in [0.05, 0.1) is 18.7 Å². The van der Waals surface area contributed by atoms with Crippen LogP contribution in [0.3, 0.4) is 0 Å². The molecule has 2 aromatic heterocycles. The molecule has 1 aromatic carbocycles. The zero-order valence-electron chi connectivity index (χ0n) is 14.3. The smallest absolute Gasteiger partial charge is 0.209 e. The molecule has 0 bridgehead atoms. The molecule has 2 heterocycles. The highest BCUT2D eigenvalue weighted by atomic mass is 35.5. The molecule has 26 heavy (non-hydrogen) atoms. The van der Waals surface area contributed by atoms with Gasteiger partial charge in [0.25, 0.3) is 0 Å². The number of aromatic nitrogens is 4. The lowest BCUT2D eigenvalue weighted by Crippen LogP contribution is -2.16. The highest BCUT2D eigenvalue weighted by Gasteiger charge is 2.08. The Balaban J connectivity index is 0.00000243. The number of furan rings is 1. The molecule has 7 nitrogen and oxygen atoms in total. The second-order valence-electron chi connectivity index (χ2n) is 5.23. The molecule has 0 saturated carbocycles. The predicted molar refractivity (Wildman–Crippen MR) is 104 cm³/mol. The zero-order chi connectivity index (χ0) is 17.6. The standard InChI is InChI=1S/C16H18ClN5O2S.ClH/c1-22-16(19-20-21-22)25-8-7-18-10-12-4-6-14(24-12)11-3-5-15(23-2)13(17)9-11;/h3-6,9,18H,7-8,10H2,1-2H3;1H. The highest BCUT2D eigenvalue weighted by Crippen LogP contribution is 2.31. The number of hydrogen-bond donors (Lipinski definition) is 1. The van der Waals surface area contributed by atoms with E-state index < -0.39 is 0 Å². The minimum Gasteiger partial charge on any atom is -0.495 e. The van der Waals surface area contributed by atoms with Gasteiger partial charge in [-0.2, -0.15) is 0 Å². The Bertz CT molecular complexity index is 840. The van der Waals surface area contributed by atoms with Gasteiger partial charge in [-0.15, -0.1) is 17.5 Å². The predicted octanol–water partition coefficient (Wildman–Crippen LogP) is 3.44. The summed E-state index contributed by atoms with van der Waals surface area (Å²) in [7, 11) is 3.42. The maximum atomic E-state index is 6.16. The fourth-order valence-electron chi connectivity index (χ4n) is 2.22.